The Hall–Kier alpha value is -3.20. The number of halogens is 1. The Morgan fingerprint density at radius 2 is 2.06 bits per heavy atom. The second-order valence-corrected chi connectivity index (χ2v) is 8.18. The first-order chi connectivity index (χ1) is 15.5. The van der Waals surface area contributed by atoms with Crippen molar-refractivity contribution in [1.82, 2.24) is 5.32 Å². The van der Waals surface area contributed by atoms with Crippen molar-refractivity contribution in [2.45, 2.75) is 18.9 Å². The molecule has 1 amide bonds. The van der Waals surface area contributed by atoms with Crippen LogP contribution >= 0.6 is 0 Å². The first-order valence-corrected chi connectivity index (χ1v) is 10.8. The zero-order chi connectivity index (χ0) is 22.7. The average Bonchev–Trinajstić information content (AvgIpc) is 2.80. The van der Waals surface area contributed by atoms with Crippen LogP contribution in [0, 0.1) is 21.8 Å². The second-order valence-electron chi connectivity index (χ2n) is 8.18. The van der Waals surface area contributed by atoms with Crippen LogP contribution in [-0.2, 0) is 16.0 Å². The van der Waals surface area contributed by atoms with Gasteiger partial charge in [0.25, 0.3) is 5.69 Å². The number of piperazine rings is 1. The molecule has 1 fully saturated rings. The number of anilines is 2. The molecule has 2 atom stereocenters. The van der Waals surface area contributed by atoms with E-state index in [4.69, 9.17) is 4.74 Å². The number of ether oxygens (including phenoxy) is 1. The van der Waals surface area contributed by atoms with E-state index in [1.54, 1.807) is 37.4 Å². The number of fused-ring (bicyclic) bond motifs is 3. The summed E-state index contributed by atoms with van der Waals surface area (Å²) in [5.74, 6) is -0.779. The number of nitrogens with zero attached hydrogens (tertiary/aromatic N) is 3. The highest BCUT2D eigenvalue weighted by Gasteiger charge is 2.42. The monoisotopic (exact) mass is 442 g/mol. The minimum Gasteiger partial charge on any atom is -0.385 e. The minimum atomic E-state index is -0.414. The molecule has 0 aromatic heterocycles. The summed E-state index contributed by atoms with van der Waals surface area (Å²) >= 11 is 0. The van der Waals surface area contributed by atoms with Gasteiger partial charge in [0.1, 0.15) is 5.82 Å². The number of benzene rings is 2. The maximum absolute atomic E-state index is 14.4. The first kappa shape index (κ1) is 22.0. The molecule has 2 heterocycles. The summed E-state index contributed by atoms with van der Waals surface area (Å²) < 4.78 is 19.5. The number of methoxy groups -OCH3 is 1. The SMILES string of the molecule is COCCCNC(=O)C1Cc2cc([N+](=O)[O-])ccc2N2CCN(c3ccccc3F)CC12. The predicted octanol–water partition coefficient (Wildman–Crippen LogP) is 2.75. The van der Waals surface area contributed by atoms with Crippen molar-refractivity contribution in [2.75, 3.05) is 49.7 Å². The van der Waals surface area contributed by atoms with Crippen LogP contribution in [0.4, 0.5) is 21.5 Å². The summed E-state index contributed by atoms with van der Waals surface area (Å²) in [7, 11) is 1.62. The van der Waals surface area contributed by atoms with Gasteiger partial charge in [0.15, 0.2) is 0 Å². The summed E-state index contributed by atoms with van der Waals surface area (Å²) in [6, 6.07) is 11.3. The van der Waals surface area contributed by atoms with Gasteiger partial charge in [0.05, 0.1) is 22.6 Å². The molecule has 2 aliphatic rings. The topological polar surface area (TPSA) is 87.9 Å². The van der Waals surface area contributed by atoms with Gasteiger partial charge >= 0.3 is 0 Å². The maximum Gasteiger partial charge on any atom is 0.269 e. The van der Waals surface area contributed by atoms with Crippen molar-refractivity contribution in [3.63, 3.8) is 0 Å². The first-order valence-electron chi connectivity index (χ1n) is 10.8. The molecule has 0 bridgehead atoms. The lowest BCUT2D eigenvalue weighted by atomic mass is 9.83. The lowest BCUT2D eigenvalue weighted by Crippen LogP contribution is -2.61. The van der Waals surface area contributed by atoms with E-state index in [1.807, 2.05) is 4.90 Å². The third-order valence-electron chi connectivity index (χ3n) is 6.26. The number of rotatable bonds is 7. The third-order valence-corrected chi connectivity index (χ3v) is 6.26. The van der Waals surface area contributed by atoms with Crippen LogP contribution in [0.5, 0.6) is 0 Å². The second kappa shape index (κ2) is 9.52. The molecule has 1 saturated heterocycles. The van der Waals surface area contributed by atoms with Crippen molar-refractivity contribution < 1.29 is 18.8 Å². The van der Waals surface area contributed by atoms with E-state index in [-0.39, 0.29) is 23.5 Å². The molecule has 0 saturated carbocycles. The van der Waals surface area contributed by atoms with Crippen LogP contribution in [0.2, 0.25) is 0 Å². The number of carbonyl (C=O) groups is 1. The summed E-state index contributed by atoms with van der Waals surface area (Å²) in [5.41, 5.74) is 2.26. The molecule has 4 rings (SSSR count). The van der Waals surface area contributed by atoms with Gasteiger partial charge in [-0.25, -0.2) is 4.39 Å². The zero-order valence-corrected chi connectivity index (χ0v) is 18.0. The molecule has 0 spiro atoms. The number of amides is 1. The van der Waals surface area contributed by atoms with E-state index in [0.717, 1.165) is 11.3 Å². The molecule has 2 aromatic carbocycles. The predicted molar refractivity (Wildman–Crippen MR) is 120 cm³/mol. The number of para-hydroxylation sites is 1. The molecule has 2 aliphatic heterocycles. The van der Waals surface area contributed by atoms with Crippen LogP contribution < -0.4 is 15.1 Å². The third kappa shape index (κ3) is 4.38. The smallest absolute Gasteiger partial charge is 0.269 e. The Kier molecular flexibility index (Phi) is 6.55. The Balaban J connectivity index is 1.62. The molecule has 0 aliphatic carbocycles. The van der Waals surface area contributed by atoms with Crippen LogP contribution in [-0.4, -0.2) is 56.8 Å². The summed E-state index contributed by atoms with van der Waals surface area (Å²) in [6.07, 6.45) is 1.10. The van der Waals surface area contributed by atoms with Crippen molar-refractivity contribution in [3.05, 3.63) is 64.0 Å². The van der Waals surface area contributed by atoms with E-state index in [0.29, 0.717) is 51.3 Å². The van der Waals surface area contributed by atoms with Gasteiger partial charge in [-0.1, -0.05) is 12.1 Å². The molecule has 170 valence electrons. The van der Waals surface area contributed by atoms with Gasteiger partial charge in [-0.15, -0.1) is 0 Å². The fourth-order valence-electron chi connectivity index (χ4n) is 4.71. The van der Waals surface area contributed by atoms with Gasteiger partial charge in [-0.3, -0.25) is 14.9 Å². The minimum absolute atomic E-state index is 0.0199. The van der Waals surface area contributed by atoms with E-state index in [1.165, 1.54) is 12.1 Å². The van der Waals surface area contributed by atoms with E-state index in [2.05, 4.69) is 10.2 Å². The molecule has 8 nitrogen and oxygen atoms in total. The molecule has 1 N–H and O–H groups in total. The largest absolute Gasteiger partial charge is 0.385 e. The average molecular weight is 442 g/mol. The number of non-ortho nitro benzene ring substituents is 1. The molecule has 32 heavy (non-hydrogen) atoms. The van der Waals surface area contributed by atoms with Crippen molar-refractivity contribution in [1.29, 1.82) is 0 Å². The fourth-order valence-corrected chi connectivity index (χ4v) is 4.71. The molecule has 0 radical (unpaired) electrons. The highest BCUT2D eigenvalue weighted by atomic mass is 19.1. The van der Waals surface area contributed by atoms with Crippen molar-refractivity contribution in [2.24, 2.45) is 5.92 Å². The van der Waals surface area contributed by atoms with Crippen LogP contribution in [0.15, 0.2) is 42.5 Å². The Labute approximate surface area is 186 Å². The van der Waals surface area contributed by atoms with Crippen LogP contribution in [0.1, 0.15) is 12.0 Å². The standard InChI is InChI=1S/C23H27FN4O4/c1-32-12-4-9-25-23(29)18-14-16-13-17(28(30)31)7-8-20(16)27-11-10-26(15-22(18)27)21-6-3-2-5-19(21)24/h2-3,5-8,13,18,22H,4,9-12,14-15H2,1H3,(H,25,29). The van der Waals surface area contributed by atoms with Gasteiger partial charge in [-0.2, -0.15) is 0 Å². The van der Waals surface area contributed by atoms with E-state index in [9.17, 15) is 19.3 Å². The maximum atomic E-state index is 14.4. The Bertz CT molecular complexity index is 1000. The lowest BCUT2D eigenvalue weighted by molar-refractivity contribution is -0.384. The van der Waals surface area contributed by atoms with Gasteiger partial charge in [0, 0.05) is 57.7 Å². The lowest BCUT2D eigenvalue weighted by Gasteiger charge is -2.49. The van der Waals surface area contributed by atoms with Crippen molar-refractivity contribution in [3.8, 4) is 0 Å². The fraction of sp³-hybridized carbons (Fsp3) is 0.435. The normalized spacial score (nSPS) is 19.8. The van der Waals surface area contributed by atoms with E-state index >= 15 is 0 Å². The van der Waals surface area contributed by atoms with Gasteiger partial charge in [-0.05, 0) is 36.6 Å². The number of nitro groups is 1. The van der Waals surface area contributed by atoms with Gasteiger partial charge < -0.3 is 19.9 Å². The number of nitrogens with one attached hydrogen (secondary N) is 1. The molecule has 2 aromatic rings. The highest BCUT2D eigenvalue weighted by molar-refractivity contribution is 5.82. The zero-order valence-electron chi connectivity index (χ0n) is 18.0. The number of carbonyl (C=O) groups excluding carboxylic acids is 1. The quantitative estimate of drug-likeness (QED) is 0.403. The van der Waals surface area contributed by atoms with E-state index < -0.39 is 10.8 Å². The summed E-state index contributed by atoms with van der Waals surface area (Å²) in [5, 5.41) is 14.3. The molecular formula is C23H27FN4O4. The number of hydrogen-bond donors (Lipinski definition) is 1. The summed E-state index contributed by atoms with van der Waals surface area (Å²) in [6.45, 7) is 2.73. The Morgan fingerprint density at radius 1 is 1.25 bits per heavy atom. The number of hydrogen-bond acceptors (Lipinski definition) is 6. The van der Waals surface area contributed by atoms with Gasteiger partial charge in [0.2, 0.25) is 5.91 Å². The molecular weight excluding hydrogens is 415 g/mol. The van der Waals surface area contributed by atoms with Crippen LogP contribution in [0.25, 0.3) is 0 Å². The Morgan fingerprint density at radius 3 is 2.81 bits per heavy atom. The number of nitro benzene ring substituents is 1. The highest BCUT2D eigenvalue weighted by Crippen LogP contribution is 2.38. The molecule has 2 unspecified atom stereocenters. The van der Waals surface area contributed by atoms with Crippen molar-refractivity contribution >= 4 is 23.0 Å². The molecule has 9 heteroatoms. The van der Waals surface area contributed by atoms with Crippen LogP contribution in [0.3, 0.4) is 0 Å². The summed E-state index contributed by atoms with van der Waals surface area (Å²) in [4.78, 5) is 28.1.